The average molecular weight is 355 g/mol. The number of alkyl halides is 1. The fourth-order valence-electron chi connectivity index (χ4n) is 2.32. The molecule has 1 aliphatic carbocycles. The van der Waals surface area contributed by atoms with Crippen LogP contribution in [0.15, 0.2) is 12.5 Å². The molecule has 0 saturated carbocycles. The topological polar surface area (TPSA) is 86.7 Å². The van der Waals surface area contributed by atoms with Crippen LogP contribution in [0.3, 0.4) is 0 Å². The number of aryl methyl sites for hydroxylation is 1. The molecule has 1 aliphatic rings. The summed E-state index contributed by atoms with van der Waals surface area (Å²) in [6.45, 7) is 0. The number of halogens is 1. The number of nitrogens with zero attached hydrogens (tertiary/aromatic N) is 4. The van der Waals surface area contributed by atoms with E-state index in [9.17, 15) is 4.79 Å². The first kappa shape index (κ1) is 11.6. The summed E-state index contributed by atoms with van der Waals surface area (Å²) in [5, 5.41) is 4.22. The Bertz CT molecular complexity index is 651. The van der Waals surface area contributed by atoms with Gasteiger partial charge in [0.1, 0.15) is 6.33 Å². The minimum atomic E-state index is -0.494. The first-order valence-corrected chi connectivity index (χ1v) is 6.64. The van der Waals surface area contributed by atoms with Crippen LogP contribution in [-0.2, 0) is 13.5 Å². The van der Waals surface area contributed by atoms with Crippen LogP contribution in [0.2, 0.25) is 0 Å². The van der Waals surface area contributed by atoms with Crippen molar-refractivity contribution < 1.29 is 4.79 Å². The van der Waals surface area contributed by atoms with E-state index < -0.39 is 5.91 Å². The third kappa shape index (κ3) is 1.53. The number of aromatic nitrogens is 4. The van der Waals surface area contributed by atoms with Gasteiger partial charge < -0.3 is 5.73 Å². The SMILES string of the molecule is Cn1nc(C(N)=O)c2c1-c1ncncc1CC2I. The van der Waals surface area contributed by atoms with Crippen LogP contribution in [0.25, 0.3) is 11.4 Å². The Hall–Kier alpha value is -1.51. The second-order valence-electron chi connectivity index (χ2n) is 4.17. The van der Waals surface area contributed by atoms with Crippen molar-refractivity contribution >= 4 is 28.5 Å². The normalized spacial score (nSPS) is 17.1. The van der Waals surface area contributed by atoms with Gasteiger partial charge in [-0.2, -0.15) is 5.10 Å². The molecule has 0 fully saturated rings. The van der Waals surface area contributed by atoms with Crippen LogP contribution in [0.1, 0.15) is 25.5 Å². The quantitative estimate of drug-likeness (QED) is 0.611. The number of fused-ring (bicyclic) bond motifs is 3. The Morgan fingerprint density at radius 2 is 2.39 bits per heavy atom. The predicted octanol–water partition coefficient (Wildman–Crippen LogP) is 1.01. The first-order chi connectivity index (χ1) is 8.59. The summed E-state index contributed by atoms with van der Waals surface area (Å²) in [5.74, 6) is -0.494. The van der Waals surface area contributed by atoms with Crippen molar-refractivity contribution in [2.75, 3.05) is 0 Å². The summed E-state index contributed by atoms with van der Waals surface area (Å²) in [6.07, 6.45) is 4.11. The Morgan fingerprint density at radius 1 is 1.61 bits per heavy atom. The summed E-state index contributed by atoms with van der Waals surface area (Å²) in [4.78, 5) is 19.8. The summed E-state index contributed by atoms with van der Waals surface area (Å²) >= 11 is 2.30. The van der Waals surface area contributed by atoms with Crippen LogP contribution in [0, 0.1) is 0 Å². The lowest BCUT2D eigenvalue weighted by molar-refractivity contribution is 0.0994. The van der Waals surface area contributed by atoms with Gasteiger partial charge in [0.25, 0.3) is 5.91 Å². The molecule has 1 atom stereocenters. The number of nitrogens with two attached hydrogens (primary N) is 1. The van der Waals surface area contributed by atoms with Gasteiger partial charge in [-0.3, -0.25) is 9.48 Å². The van der Waals surface area contributed by atoms with E-state index in [0.717, 1.165) is 28.9 Å². The van der Waals surface area contributed by atoms with Crippen molar-refractivity contribution in [2.45, 2.75) is 10.3 Å². The summed E-state index contributed by atoms with van der Waals surface area (Å²) in [6, 6.07) is 0. The zero-order valence-electron chi connectivity index (χ0n) is 9.59. The molecule has 92 valence electrons. The van der Waals surface area contributed by atoms with E-state index in [1.807, 2.05) is 6.20 Å². The number of hydrogen-bond acceptors (Lipinski definition) is 4. The standard InChI is InChI=1S/C11H10IN5O/c1-17-10-7(9(16-17)11(13)18)6(12)2-5-3-14-4-15-8(5)10/h3-4,6H,2H2,1H3,(H2,13,18). The van der Waals surface area contributed by atoms with Gasteiger partial charge in [-0.05, 0) is 12.0 Å². The molecule has 3 rings (SSSR count). The molecule has 6 nitrogen and oxygen atoms in total. The smallest absolute Gasteiger partial charge is 0.269 e. The van der Waals surface area contributed by atoms with Crippen molar-refractivity contribution in [1.29, 1.82) is 0 Å². The molecule has 1 amide bonds. The maximum atomic E-state index is 11.5. The van der Waals surface area contributed by atoms with E-state index in [1.54, 1.807) is 11.7 Å². The number of hydrogen-bond donors (Lipinski definition) is 1. The van der Waals surface area contributed by atoms with Gasteiger partial charge in [-0.25, -0.2) is 9.97 Å². The molecule has 18 heavy (non-hydrogen) atoms. The molecule has 2 N–H and O–H groups in total. The largest absolute Gasteiger partial charge is 0.364 e. The van der Waals surface area contributed by atoms with Crippen LogP contribution in [0.4, 0.5) is 0 Å². The average Bonchev–Trinajstić information content (AvgIpc) is 2.69. The second-order valence-corrected chi connectivity index (χ2v) is 5.67. The molecule has 2 aromatic heterocycles. The van der Waals surface area contributed by atoms with Gasteiger partial charge >= 0.3 is 0 Å². The zero-order valence-corrected chi connectivity index (χ0v) is 11.7. The van der Waals surface area contributed by atoms with Gasteiger partial charge in [0.15, 0.2) is 5.69 Å². The molecule has 0 aliphatic heterocycles. The van der Waals surface area contributed by atoms with Crippen LogP contribution in [0.5, 0.6) is 0 Å². The lowest BCUT2D eigenvalue weighted by atomic mass is 9.93. The van der Waals surface area contributed by atoms with Crippen LogP contribution < -0.4 is 5.73 Å². The van der Waals surface area contributed by atoms with Crippen molar-refractivity contribution in [1.82, 2.24) is 19.7 Å². The van der Waals surface area contributed by atoms with Crippen molar-refractivity contribution in [3.05, 3.63) is 29.3 Å². The molecule has 1 unspecified atom stereocenters. The fraction of sp³-hybridized carbons (Fsp3) is 0.273. The predicted molar refractivity (Wildman–Crippen MR) is 73.2 cm³/mol. The first-order valence-electron chi connectivity index (χ1n) is 5.39. The third-order valence-corrected chi connectivity index (χ3v) is 4.11. The molecule has 0 spiro atoms. The second kappa shape index (κ2) is 4.01. The van der Waals surface area contributed by atoms with Gasteiger partial charge in [0.05, 0.1) is 11.4 Å². The van der Waals surface area contributed by atoms with Gasteiger partial charge in [0.2, 0.25) is 0 Å². The Balaban J connectivity index is 2.34. The van der Waals surface area contributed by atoms with Crippen LogP contribution in [-0.4, -0.2) is 25.7 Å². The highest BCUT2D eigenvalue weighted by atomic mass is 127. The number of primary amides is 1. The van der Waals surface area contributed by atoms with Gasteiger partial charge in [-0.15, -0.1) is 0 Å². The summed E-state index contributed by atoms with van der Waals surface area (Å²) in [5.41, 5.74) is 9.40. The van der Waals surface area contributed by atoms with Gasteiger partial charge in [0, 0.05) is 22.7 Å². The van der Waals surface area contributed by atoms with E-state index >= 15 is 0 Å². The molecular weight excluding hydrogens is 345 g/mol. The fourth-order valence-corrected chi connectivity index (χ4v) is 3.38. The third-order valence-electron chi connectivity index (χ3n) is 3.04. The molecule has 2 aromatic rings. The van der Waals surface area contributed by atoms with E-state index in [0.29, 0.717) is 5.69 Å². The van der Waals surface area contributed by atoms with E-state index in [1.165, 1.54) is 6.33 Å². The monoisotopic (exact) mass is 355 g/mol. The van der Waals surface area contributed by atoms with E-state index in [4.69, 9.17) is 5.73 Å². The van der Waals surface area contributed by atoms with Crippen LogP contribution >= 0.6 is 22.6 Å². The number of carbonyl (C=O) groups excluding carboxylic acids is 1. The number of rotatable bonds is 1. The Kier molecular flexibility index (Phi) is 2.58. The molecule has 0 radical (unpaired) electrons. The number of carbonyl (C=O) groups is 1. The summed E-state index contributed by atoms with van der Waals surface area (Å²) in [7, 11) is 1.80. The maximum Gasteiger partial charge on any atom is 0.269 e. The Morgan fingerprint density at radius 3 is 3.11 bits per heavy atom. The molecule has 0 saturated heterocycles. The molecule has 0 bridgehead atoms. The lowest BCUT2D eigenvalue weighted by Gasteiger charge is -2.20. The highest BCUT2D eigenvalue weighted by molar-refractivity contribution is 14.1. The molecule has 0 aromatic carbocycles. The van der Waals surface area contributed by atoms with Crippen molar-refractivity contribution in [3.63, 3.8) is 0 Å². The maximum absolute atomic E-state index is 11.5. The van der Waals surface area contributed by atoms with Crippen molar-refractivity contribution in [3.8, 4) is 11.4 Å². The molecule has 2 heterocycles. The number of amides is 1. The van der Waals surface area contributed by atoms with E-state index in [-0.39, 0.29) is 3.92 Å². The molecule has 7 heteroatoms. The lowest BCUT2D eigenvalue weighted by Crippen LogP contribution is -2.16. The van der Waals surface area contributed by atoms with Gasteiger partial charge in [-0.1, -0.05) is 22.6 Å². The van der Waals surface area contributed by atoms with E-state index in [2.05, 4.69) is 37.7 Å². The van der Waals surface area contributed by atoms with Crippen molar-refractivity contribution in [2.24, 2.45) is 12.8 Å². The Labute approximate surface area is 117 Å². The summed E-state index contributed by atoms with van der Waals surface area (Å²) < 4.78 is 1.83. The minimum Gasteiger partial charge on any atom is -0.364 e. The molecular formula is C11H10IN5O. The highest BCUT2D eigenvalue weighted by Gasteiger charge is 2.32. The zero-order chi connectivity index (χ0) is 12.9. The highest BCUT2D eigenvalue weighted by Crippen LogP contribution is 2.42. The minimum absolute atomic E-state index is 0.160.